The zero-order valence-electron chi connectivity index (χ0n) is 22.5. The van der Waals surface area contributed by atoms with E-state index in [2.05, 4.69) is 160 Å². The number of anilines is 5. The number of hydrogen-bond donors (Lipinski definition) is 0. The van der Waals surface area contributed by atoms with Gasteiger partial charge in [-0.2, -0.15) is 0 Å². The molecular weight excluding hydrogens is 448 g/mol. The van der Waals surface area contributed by atoms with Gasteiger partial charge in [-0.05, 0) is 105 Å². The van der Waals surface area contributed by atoms with Gasteiger partial charge in [-0.25, -0.2) is 0 Å². The second kappa shape index (κ2) is 10.5. The second-order valence-electron chi connectivity index (χ2n) is 10.4. The van der Waals surface area contributed by atoms with Gasteiger partial charge in [0.15, 0.2) is 0 Å². The minimum atomic E-state index is 0.230. The van der Waals surface area contributed by atoms with E-state index in [4.69, 9.17) is 0 Å². The number of aryl methyl sites for hydroxylation is 3. The topological polar surface area (TPSA) is 6.48 Å². The summed E-state index contributed by atoms with van der Waals surface area (Å²) in [6.45, 7) is 11.0. The molecule has 2 nitrogen and oxygen atoms in total. The summed E-state index contributed by atoms with van der Waals surface area (Å²) in [7, 11) is 0. The maximum absolute atomic E-state index is 2.50. The monoisotopic (exact) mass is 484 g/mol. The van der Waals surface area contributed by atoms with Crippen molar-refractivity contribution in [1.82, 2.24) is 0 Å². The Bertz CT molecular complexity index is 1420. The molecule has 0 radical (unpaired) electrons. The SMILES string of the molecule is CC1=CC(N(c2cccc(C)c2)c2cccc(N(c3cccc(C)c3)c3cccc(C)c3)c2)C(C)C=C1. The molecular formula is C35H36N2. The van der Waals surface area contributed by atoms with Crippen LogP contribution >= 0.6 is 0 Å². The van der Waals surface area contributed by atoms with Gasteiger partial charge < -0.3 is 9.80 Å². The molecule has 0 amide bonds. The van der Waals surface area contributed by atoms with Crippen LogP contribution in [0.25, 0.3) is 0 Å². The van der Waals surface area contributed by atoms with Crippen molar-refractivity contribution in [2.75, 3.05) is 9.80 Å². The number of allylic oxidation sites excluding steroid dienone is 2. The minimum Gasteiger partial charge on any atom is -0.334 e. The predicted octanol–water partition coefficient (Wildman–Crippen LogP) is 9.74. The summed E-state index contributed by atoms with van der Waals surface area (Å²) in [5, 5.41) is 0. The normalized spacial score (nSPS) is 16.8. The molecule has 2 unspecified atom stereocenters. The van der Waals surface area contributed by atoms with Crippen LogP contribution in [0.15, 0.2) is 121 Å². The largest absolute Gasteiger partial charge is 0.334 e. The molecule has 0 heterocycles. The molecule has 0 fully saturated rings. The van der Waals surface area contributed by atoms with Crippen LogP contribution in [-0.2, 0) is 0 Å². The summed E-state index contributed by atoms with van der Waals surface area (Å²) in [5.74, 6) is 0.387. The molecule has 4 aromatic rings. The smallest absolute Gasteiger partial charge is 0.0587 e. The first-order valence-electron chi connectivity index (χ1n) is 13.1. The van der Waals surface area contributed by atoms with E-state index in [-0.39, 0.29) is 6.04 Å². The summed E-state index contributed by atoms with van der Waals surface area (Å²) in [5.41, 5.74) is 10.9. The van der Waals surface area contributed by atoms with Crippen LogP contribution in [0, 0.1) is 26.7 Å². The van der Waals surface area contributed by atoms with Crippen LogP contribution in [0.4, 0.5) is 28.4 Å². The number of nitrogens with zero attached hydrogens (tertiary/aromatic N) is 2. The third kappa shape index (κ3) is 5.39. The highest BCUT2D eigenvalue weighted by Crippen LogP contribution is 2.40. The third-order valence-corrected chi connectivity index (χ3v) is 7.10. The fourth-order valence-electron chi connectivity index (χ4n) is 5.24. The van der Waals surface area contributed by atoms with Crippen molar-refractivity contribution in [3.05, 3.63) is 138 Å². The number of benzene rings is 4. The molecule has 1 aliphatic carbocycles. The average Bonchev–Trinajstić information content (AvgIpc) is 2.87. The van der Waals surface area contributed by atoms with Crippen molar-refractivity contribution in [3.63, 3.8) is 0 Å². The summed E-state index contributed by atoms with van der Waals surface area (Å²) in [4.78, 5) is 4.86. The maximum atomic E-state index is 2.50. The van der Waals surface area contributed by atoms with Crippen LogP contribution < -0.4 is 9.80 Å². The van der Waals surface area contributed by atoms with Crippen LogP contribution in [0.1, 0.15) is 30.5 Å². The van der Waals surface area contributed by atoms with E-state index < -0.39 is 0 Å². The van der Waals surface area contributed by atoms with E-state index in [9.17, 15) is 0 Å². The Hall–Kier alpha value is -4.04. The van der Waals surface area contributed by atoms with Gasteiger partial charge in [0.05, 0.1) is 6.04 Å². The Labute approximate surface area is 222 Å². The van der Waals surface area contributed by atoms with Crippen molar-refractivity contribution in [1.29, 1.82) is 0 Å². The lowest BCUT2D eigenvalue weighted by Crippen LogP contribution is -2.35. The molecule has 0 spiro atoms. The van der Waals surface area contributed by atoms with Gasteiger partial charge in [0.2, 0.25) is 0 Å². The molecule has 0 N–H and O–H groups in total. The zero-order chi connectivity index (χ0) is 25.9. The van der Waals surface area contributed by atoms with E-state index in [1.54, 1.807) is 0 Å². The van der Waals surface area contributed by atoms with E-state index in [0.717, 1.165) is 17.1 Å². The highest BCUT2D eigenvalue weighted by Gasteiger charge is 2.26. The van der Waals surface area contributed by atoms with Gasteiger partial charge in [0, 0.05) is 28.4 Å². The van der Waals surface area contributed by atoms with Gasteiger partial charge in [0.25, 0.3) is 0 Å². The maximum Gasteiger partial charge on any atom is 0.0587 e. The van der Waals surface area contributed by atoms with Gasteiger partial charge >= 0.3 is 0 Å². The first-order chi connectivity index (χ1) is 17.9. The van der Waals surface area contributed by atoms with Crippen molar-refractivity contribution < 1.29 is 0 Å². The molecule has 2 atom stereocenters. The molecule has 2 heteroatoms. The number of hydrogen-bond acceptors (Lipinski definition) is 2. The van der Waals surface area contributed by atoms with E-state index >= 15 is 0 Å². The summed E-state index contributed by atoms with van der Waals surface area (Å²) < 4.78 is 0. The Morgan fingerprint density at radius 1 is 0.541 bits per heavy atom. The van der Waals surface area contributed by atoms with Crippen molar-refractivity contribution in [2.45, 2.75) is 40.7 Å². The molecule has 5 rings (SSSR count). The molecule has 0 aromatic heterocycles. The van der Waals surface area contributed by atoms with Crippen molar-refractivity contribution in [2.24, 2.45) is 5.92 Å². The lowest BCUT2D eigenvalue weighted by Gasteiger charge is -2.37. The standard InChI is InChI=1S/C35H36N2/c1-25-10-6-13-30(20-25)36(31-14-7-11-26(2)21-31)33-16-9-17-34(24-33)37(32-15-8-12-27(3)22-32)35-23-28(4)18-19-29(35)5/h6-24,29,35H,1-5H3. The van der Waals surface area contributed by atoms with Gasteiger partial charge in [-0.1, -0.05) is 73.2 Å². The summed E-state index contributed by atoms with van der Waals surface area (Å²) >= 11 is 0. The zero-order valence-corrected chi connectivity index (χ0v) is 22.5. The Kier molecular flexibility index (Phi) is 7.01. The minimum absolute atomic E-state index is 0.230. The first kappa shape index (κ1) is 24.6. The quantitative estimate of drug-likeness (QED) is 0.269. The molecule has 37 heavy (non-hydrogen) atoms. The molecule has 1 aliphatic rings. The van der Waals surface area contributed by atoms with E-state index in [0.29, 0.717) is 5.92 Å². The van der Waals surface area contributed by atoms with Crippen LogP contribution in [0.3, 0.4) is 0 Å². The molecule has 0 saturated carbocycles. The van der Waals surface area contributed by atoms with Crippen LogP contribution in [0.5, 0.6) is 0 Å². The second-order valence-corrected chi connectivity index (χ2v) is 10.4. The highest BCUT2D eigenvalue weighted by atomic mass is 15.2. The molecule has 186 valence electrons. The average molecular weight is 485 g/mol. The first-order valence-corrected chi connectivity index (χ1v) is 13.1. The molecule has 4 aromatic carbocycles. The summed E-state index contributed by atoms with van der Waals surface area (Å²) in [6, 6.07) is 35.5. The lowest BCUT2D eigenvalue weighted by molar-refractivity contribution is 0.605. The highest BCUT2D eigenvalue weighted by molar-refractivity contribution is 5.80. The van der Waals surface area contributed by atoms with Gasteiger partial charge in [-0.3, -0.25) is 0 Å². The van der Waals surface area contributed by atoms with Crippen LogP contribution in [0.2, 0.25) is 0 Å². The van der Waals surface area contributed by atoms with Gasteiger partial charge in [-0.15, -0.1) is 0 Å². The Morgan fingerprint density at radius 3 is 1.51 bits per heavy atom. The lowest BCUT2D eigenvalue weighted by atomic mass is 9.91. The summed E-state index contributed by atoms with van der Waals surface area (Å²) in [6.07, 6.45) is 6.97. The van der Waals surface area contributed by atoms with Crippen molar-refractivity contribution >= 4 is 28.4 Å². The Morgan fingerprint density at radius 2 is 0.973 bits per heavy atom. The Balaban J connectivity index is 1.67. The fourth-order valence-corrected chi connectivity index (χ4v) is 5.24. The molecule has 0 bridgehead atoms. The van der Waals surface area contributed by atoms with Crippen LogP contribution in [-0.4, -0.2) is 6.04 Å². The molecule has 0 aliphatic heterocycles. The third-order valence-electron chi connectivity index (χ3n) is 7.10. The molecule has 0 saturated heterocycles. The van der Waals surface area contributed by atoms with E-state index in [1.807, 2.05) is 0 Å². The van der Waals surface area contributed by atoms with Gasteiger partial charge in [0.1, 0.15) is 0 Å². The van der Waals surface area contributed by atoms with E-state index in [1.165, 1.54) is 33.6 Å². The fraction of sp³-hybridized carbons (Fsp3) is 0.200. The van der Waals surface area contributed by atoms with Crippen molar-refractivity contribution in [3.8, 4) is 0 Å². The predicted molar refractivity (Wildman–Crippen MR) is 160 cm³/mol. The number of rotatable bonds is 6.